The number of nitro groups is 1. The van der Waals surface area contributed by atoms with Crippen LogP contribution in [-0.2, 0) is 0 Å². The van der Waals surface area contributed by atoms with Gasteiger partial charge in [0.15, 0.2) is 0 Å². The van der Waals surface area contributed by atoms with Crippen LogP contribution in [0.4, 0.5) is 20.2 Å². The van der Waals surface area contributed by atoms with Gasteiger partial charge in [0, 0.05) is 29.9 Å². The molecule has 0 spiro atoms. The molecule has 19 heavy (non-hydrogen) atoms. The summed E-state index contributed by atoms with van der Waals surface area (Å²) in [6.45, 7) is 2.69. The summed E-state index contributed by atoms with van der Waals surface area (Å²) in [6, 6.07) is 3.51. The molecule has 0 aromatic heterocycles. The van der Waals surface area contributed by atoms with Gasteiger partial charge in [0.25, 0.3) is 12.1 Å². The number of halogens is 2. The van der Waals surface area contributed by atoms with Crippen LogP contribution in [0.2, 0.25) is 0 Å². The third-order valence-corrected chi connectivity index (χ3v) is 2.83. The van der Waals surface area contributed by atoms with E-state index in [2.05, 4.69) is 12.2 Å². The Morgan fingerprint density at radius 3 is 2.63 bits per heavy atom. The maximum absolute atomic E-state index is 12.8. The molecule has 1 aromatic carbocycles. The highest BCUT2D eigenvalue weighted by Gasteiger charge is 2.17. The largest absolute Gasteiger partial charge is 0.385 e. The first-order valence-electron chi connectivity index (χ1n) is 6.36. The summed E-state index contributed by atoms with van der Waals surface area (Å²) >= 11 is 0. The number of anilines is 1. The number of unbranched alkanes of at least 4 members (excludes halogenated alkanes) is 3. The first-order chi connectivity index (χ1) is 9.06. The molecule has 6 heteroatoms. The summed E-state index contributed by atoms with van der Waals surface area (Å²) in [5.41, 5.74) is -0.353. The minimum absolute atomic E-state index is 0.275. The van der Waals surface area contributed by atoms with Gasteiger partial charge < -0.3 is 5.32 Å². The van der Waals surface area contributed by atoms with Gasteiger partial charge in [0.05, 0.1) is 4.92 Å². The standard InChI is InChI=1S/C13H18F2N2O2/c1-2-3-4-5-8-16-12-7-6-10(17(18)19)9-11(12)13(14)15/h6-7,9,13,16H,2-5,8H2,1H3. The van der Waals surface area contributed by atoms with Gasteiger partial charge in [0.2, 0.25) is 0 Å². The topological polar surface area (TPSA) is 55.2 Å². The first-order valence-corrected chi connectivity index (χ1v) is 6.36. The molecule has 0 aliphatic carbocycles. The van der Waals surface area contributed by atoms with Crippen molar-refractivity contribution < 1.29 is 13.7 Å². The maximum atomic E-state index is 12.8. The molecule has 4 nitrogen and oxygen atoms in total. The van der Waals surface area contributed by atoms with Gasteiger partial charge in [-0.05, 0) is 12.5 Å². The number of nitrogens with zero attached hydrogens (tertiary/aromatic N) is 1. The van der Waals surface area contributed by atoms with Crippen LogP contribution in [-0.4, -0.2) is 11.5 Å². The molecule has 0 amide bonds. The van der Waals surface area contributed by atoms with E-state index in [1.807, 2.05) is 0 Å². The lowest BCUT2D eigenvalue weighted by atomic mass is 10.1. The summed E-state index contributed by atoms with van der Waals surface area (Å²) in [5.74, 6) is 0. The number of alkyl halides is 2. The fourth-order valence-electron chi connectivity index (χ4n) is 1.78. The molecule has 0 radical (unpaired) electrons. The Kier molecular flexibility index (Phi) is 6.18. The van der Waals surface area contributed by atoms with Crippen LogP contribution in [0.25, 0.3) is 0 Å². The van der Waals surface area contributed by atoms with Crippen molar-refractivity contribution in [2.45, 2.75) is 39.0 Å². The number of benzene rings is 1. The van der Waals surface area contributed by atoms with Crippen molar-refractivity contribution in [2.24, 2.45) is 0 Å². The second kappa shape index (κ2) is 7.66. The van der Waals surface area contributed by atoms with E-state index in [1.54, 1.807) is 0 Å². The van der Waals surface area contributed by atoms with Crippen LogP contribution in [0.5, 0.6) is 0 Å². The lowest BCUT2D eigenvalue weighted by molar-refractivity contribution is -0.385. The van der Waals surface area contributed by atoms with Gasteiger partial charge >= 0.3 is 0 Å². The molecule has 0 heterocycles. The van der Waals surface area contributed by atoms with E-state index in [-0.39, 0.29) is 16.9 Å². The number of rotatable bonds is 8. The summed E-state index contributed by atoms with van der Waals surface area (Å²) in [5, 5.41) is 13.5. The van der Waals surface area contributed by atoms with Gasteiger partial charge in [-0.2, -0.15) is 0 Å². The molecular formula is C13H18F2N2O2. The van der Waals surface area contributed by atoms with E-state index >= 15 is 0 Å². The third kappa shape index (κ3) is 4.81. The zero-order valence-corrected chi connectivity index (χ0v) is 10.9. The average Bonchev–Trinajstić information content (AvgIpc) is 2.38. The maximum Gasteiger partial charge on any atom is 0.270 e. The van der Waals surface area contributed by atoms with E-state index in [1.165, 1.54) is 12.1 Å². The van der Waals surface area contributed by atoms with Crippen LogP contribution >= 0.6 is 0 Å². The lowest BCUT2D eigenvalue weighted by Crippen LogP contribution is -2.05. The van der Waals surface area contributed by atoms with Crippen LogP contribution in [0.15, 0.2) is 18.2 Å². The van der Waals surface area contributed by atoms with E-state index < -0.39 is 11.3 Å². The number of hydrogen-bond donors (Lipinski definition) is 1. The Balaban J connectivity index is 2.69. The smallest absolute Gasteiger partial charge is 0.270 e. The fourth-order valence-corrected chi connectivity index (χ4v) is 1.78. The molecule has 0 atom stereocenters. The van der Waals surface area contributed by atoms with Gasteiger partial charge in [-0.3, -0.25) is 10.1 Å². The van der Waals surface area contributed by atoms with Crippen LogP contribution in [0.1, 0.15) is 44.6 Å². The van der Waals surface area contributed by atoms with E-state index in [4.69, 9.17) is 0 Å². The van der Waals surface area contributed by atoms with Crippen molar-refractivity contribution in [2.75, 3.05) is 11.9 Å². The summed E-state index contributed by atoms with van der Waals surface area (Å²) in [6.07, 6.45) is 1.44. The number of nitrogens with one attached hydrogen (secondary N) is 1. The molecule has 1 rings (SSSR count). The zero-order chi connectivity index (χ0) is 14.3. The quantitative estimate of drug-likeness (QED) is 0.430. The molecule has 0 aliphatic heterocycles. The van der Waals surface area contributed by atoms with Crippen LogP contribution in [0, 0.1) is 10.1 Å². The molecule has 1 aromatic rings. The number of nitro benzene ring substituents is 1. The molecule has 0 bridgehead atoms. The van der Waals surface area contributed by atoms with Crippen molar-refractivity contribution >= 4 is 11.4 Å². The SMILES string of the molecule is CCCCCCNc1ccc([N+](=O)[O-])cc1C(F)F. The van der Waals surface area contributed by atoms with Crippen molar-refractivity contribution in [3.63, 3.8) is 0 Å². The number of hydrogen-bond acceptors (Lipinski definition) is 3. The van der Waals surface area contributed by atoms with Crippen molar-refractivity contribution in [3.05, 3.63) is 33.9 Å². The highest BCUT2D eigenvalue weighted by molar-refractivity contribution is 5.56. The minimum Gasteiger partial charge on any atom is -0.385 e. The van der Waals surface area contributed by atoms with E-state index in [0.717, 1.165) is 31.7 Å². The Bertz CT molecular complexity index is 425. The van der Waals surface area contributed by atoms with Crippen molar-refractivity contribution in [1.29, 1.82) is 0 Å². The molecule has 0 saturated carbocycles. The van der Waals surface area contributed by atoms with Crippen molar-refractivity contribution in [3.8, 4) is 0 Å². The predicted molar refractivity (Wildman–Crippen MR) is 70.7 cm³/mol. The highest BCUT2D eigenvalue weighted by Crippen LogP contribution is 2.30. The van der Waals surface area contributed by atoms with Crippen LogP contribution < -0.4 is 5.32 Å². The van der Waals surface area contributed by atoms with E-state index in [0.29, 0.717) is 6.54 Å². The molecule has 0 aliphatic rings. The molecule has 0 saturated heterocycles. The van der Waals surface area contributed by atoms with E-state index in [9.17, 15) is 18.9 Å². The monoisotopic (exact) mass is 272 g/mol. The number of non-ortho nitro benzene ring substituents is 1. The summed E-state index contributed by atoms with van der Waals surface area (Å²) in [7, 11) is 0. The Hall–Kier alpha value is -1.72. The molecule has 0 unspecified atom stereocenters. The van der Waals surface area contributed by atoms with Gasteiger partial charge in [-0.1, -0.05) is 26.2 Å². The van der Waals surface area contributed by atoms with Gasteiger partial charge in [0.1, 0.15) is 0 Å². The fraction of sp³-hybridized carbons (Fsp3) is 0.538. The second-order valence-electron chi connectivity index (χ2n) is 4.32. The Labute approximate surface area is 111 Å². The highest BCUT2D eigenvalue weighted by atomic mass is 19.3. The van der Waals surface area contributed by atoms with Crippen LogP contribution in [0.3, 0.4) is 0 Å². The first kappa shape index (κ1) is 15.3. The summed E-state index contributed by atoms with van der Waals surface area (Å²) < 4.78 is 25.7. The zero-order valence-electron chi connectivity index (χ0n) is 10.9. The Morgan fingerprint density at radius 2 is 2.05 bits per heavy atom. The van der Waals surface area contributed by atoms with Gasteiger partial charge in [-0.15, -0.1) is 0 Å². The van der Waals surface area contributed by atoms with Crippen molar-refractivity contribution in [1.82, 2.24) is 0 Å². The Morgan fingerprint density at radius 1 is 1.32 bits per heavy atom. The summed E-state index contributed by atoms with van der Waals surface area (Å²) in [4.78, 5) is 9.89. The lowest BCUT2D eigenvalue weighted by Gasteiger charge is -2.11. The minimum atomic E-state index is -2.72. The van der Waals surface area contributed by atoms with Gasteiger partial charge in [-0.25, -0.2) is 8.78 Å². The normalized spacial score (nSPS) is 10.7. The molecular weight excluding hydrogens is 254 g/mol. The molecule has 0 fully saturated rings. The second-order valence-corrected chi connectivity index (χ2v) is 4.32. The third-order valence-electron chi connectivity index (χ3n) is 2.83. The average molecular weight is 272 g/mol. The molecule has 106 valence electrons. The predicted octanol–water partition coefficient (Wildman–Crippen LogP) is 4.52. The molecule has 1 N–H and O–H groups in total.